The third-order valence-electron chi connectivity index (χ3n) is 3.92. The number of hydrogen-bond acceptors (Lipinski definition) is 5. The highest BCUT2D eigenvalue weighted by atomic mass is 16.5. The summed E-state index contributed by atoms with van der Waals surface area (Å²) >= 11 is 0. The molecule has 1 aromatic carbocycles. The number of aliphatic hydroxyl groups is 1. The molecule has 1 saturated heterocycles. The SMILES string of the molecule is CCOc1cc(CNCC2CNCC2O)ccc1OCC(C)C. The third-order valence-corrected chi connectivity index (χ3v) is 3.92. The fourth-order valence-electron chi connectivity index (χ4n) is 2.64. The number of aliphatic hydroxyl groups excluding tert-OH is 1. The van der Waals surface area contributed by atoms with E-state index in [1.54, 1.807) is 0 Å². The van der Waals surface area contributed by atoms with Crippen LogP contribution in [0.5, 0.6) is 11.5 Å². The predicted molar refractivity (Wildman–Crippen MR) is 92.0 cm³/mol. The maximum Gasteiger partial charge on any atom is 0.161 e. The molecule has 1 heterocycles. The molecule has 1 aliphatic rings. The third kappa shape index (κ3) is 5.68. The molecule has 5 heteroatoms. The highest BCUT2D eigenvalue weighted by Crippen LogP contribution is 2.29. The molecule has 1 aromatic rings. The summed E-state index contributed by atoms with van der Waals surface area (Å²) in [5.41, 5.74) is 1.16. The highest BCUT2D eigenvalue weighted by molar-refractivity contribution is 5.43. The van der Waals surface area contributed by atoms with Crippen LogP contribution in [0.15, 0.2) is 18.2 Å². The van der Waals surface area contributed by atoms with Crippen LogP contribution >= 0.6 is 0 Å². The molecule has 0 spiro atoms. The number of β-amino-alcohol motifs (C(OH)–C–C–N with tert-alkyl or cyclic N) is 1. The first-order valence-corrected chi connectivity index (χ1v) is 8.58. The van der Waals surface area contributed by atoms with Gasteiger partial charge in [0.25, 0.3) is 0 Å². The standard InChI is InChI=1S/C18H30N2O3/c1-4-22-18-7-14(5-6-17(18)23-12-13(2)3)8-19-9-15-10-20-11-16(15)21/h5-7,13,15-16,19-21H,4,8-12H2,1-3H3. The minimum absolute atomic E-state index is 0.242. The van der Waals surface area contributed by atoms with E-state index in [0.29, 0.717) is 25.7 Å². The zero-order valence-corrected chi connectivity index (χ0v) is 14.5. The van der Waals surface area contributed by atoms with Gasteiger partial charge in [0, 0.05) is 32.1 Å². The first-order chi connectivity index (χ1) is 11.1. The van der Waals surface area contributed by atoms with Crippen molar-refractivity contribution in [3.8, 4) is 11.5 Å². The van der Waals surface area contributed by atoms with Gasteiger partial charge in [0.2, 0.25) is 0 Å². The molecule has 0 aromatic heterocycles. The molecule has 2 unspecified atom stereocenters. The number of ether oxygens (including phenoxy) is 2. The van der Waals surface area contributed by atoms with Gasteiger partial charge in [0.05, 0.1) is 19.3 Å². The summed E-state index contributed by atoms with van der Waals surface area (Å²) in [4.78, 5) is 0. The zero-order valence-electron chi connectivity index (χ0n) is 14.5. The molecule has 0 radical (unpaired) electrons. The van der Waals surface area contributed by atoms with Crippen LogP contribution in [-0.2, 0) is 6.54 Å². The zero-order chi connectivity index (χ0) is 16.7. The fourth-order valence-corrected chi connectivity index (χ4v) is 2.64. The van der Waals surface area contributed by atoms with Crippen LogP contribution in [0, 0.1) is 11.8 Å². The van der Waals surface area contributed by atoms with Crippen LogP contribution < -0.4 is 20.1 Å². The Bertz CT molecular complexity index is 479. The van der Waals surface area contributed by atoms with E-state index in [1.165, 1.54) is 0 Å². The van der Waals surface area contributed by atoms with Gasteiger partial charge in [-0.25, -0.2) is 0 Å². The Labute approximate surface area is 139 Å². The largest absolute Gasteiger partial charge is 0.490 e. The highest BCUT2D eigenvalue weighted by Gasteiger charge is 2.24. The van der Waals surface area contributed by atoms with Crippen molar-refractivity contribution in [1.82, 2.24) is 10.6 Å². The molecule has 1 fully saturated rings. The Hall–Kier alpha value is -1.30. The first kappa shape index (κ1) is 18.0. The van der Waals surface area contributed by atoms with Gasteiger partial charge in [-0.15, -0.1) is 0 Å². The van der Waals surface area contributed by atoms with E-state index >= 15 is 0 Å². The van der Waals surface area contributed by atoms with Gasteiger partial charge < -0.3 is 25.2 Å². The molecule has 0 saturated carbocycles. The minimum atomic E-state index is -0.242. The van der Waals surface area contributed by atoms with Gasteiger partial charge in [-0.05, 0) is 30.5 Å². The molecule has 5 nitrogen and oxygen atoms in total. The van der Waals surface area contributed by atoms with Crippen molar-refractivity contribution < 1.29 is 14.6 Å². The van der Waals surface area contributed by atoms with Crippen molar-refractivity contribution in [3.63, 3.8) is 0 Å². The first-order valence-electron chi connectivity index (χ1n) is 8.58. The molecule has 23 heavy (non-hydrogen) atoms. The Kier molecular flexibility index (Phi) is 7.15. The number of hydrogen-bond donors (Lipinski definition) is 3. The molecule has 130 valence electrons. The Morgan fingerprint density at radius 2 is 2.09 bits per heavy atom. The van der Waals surface area contributed by atoms with E-state index in [1.807, 2.05) is 19.1 Å². The number of nitrogens with one attached hydrogen (secondary N) is 2. The van der Waals surface area contributed by atoms with Gasteiger partial charge in [-0.3, -0.25) is 0 Å². The van der Waals surface area contributed by atoms with Crippen LogP contribution in [-0.4, -0.2) is 44.1 Å². The monoisotopic (exact) mass is 322 g/mol. The normalized spacial score (nSPS) is 20.9. The second-order valence-electron chi connectivity index (χ2n) is 6.54. The molecule has 1 aliphatic heterocycles. The van der Waals surface area contributed by atoms with Gasteiger partial charge in [0.1, 0.15) is 0 Å². The maximum atomic E-state index is 9.80. The molecule has 3 N–H and O–H groups in total. The van der Waals surface area contributed by atoms with Crippen molar-refractivity contribution in [2.24, 2.45) is 11.8 Å². The van der Waals surface area contributed by atoms with Crippen LogP contribution in [0.25, 0.3) is 0 Å². The summed E-state index contributed by atoms with van der Waals surface area (Å²) in [5, 5.41) is 16.4. The van der Waals surface area contributed by atoms with Gasteiger partial charge in [-0.2, -0.15) is 0 Å². The summed E-state index contributed by atoms with van der Waals surface area (Å²) < 4.78 is 11.5. The lowest BCUT2D eigenvalue weighted by molar-refractivity contribution is 0.146. The lowest BCUT2D eigenvalue weighted by Crippen LogP contribution is -2.30. The maximum absolute atomic E-state index is 9.80. The topological polar surface area (TPSA) is 62.8 Å². The van der Waals surface area contributed by atoms with E-state index in [0.717, 1.165) is 36.7 Å². The van der Waals surface area contributed by atoms with E-state index < -0.39 is 0 Å². The van der Waals surface area contributed by atoms with Crippen molar-refractivity contribution >= 4 is 0 Å². The smallest absolute Gasteiger partial charge is 0.161 e. The van der Waals surface area contributed by atoms with E-state index in [4.69, 9.17) is 9.47 Å². The Balaban J connectivity index is 1.89. The van der Waals surface area contributed by atoms with Gasteiger partial charge in [-0.1, -0.05) is 19.9 Å². The van der Waals surface area contributed by atoms with E-state index in [2.05, 4.69) is 30.5 Å². The summed E-state index contributed by atoms with van der Waals surface area (Å²) in [6.07, 6.45) is -0.242. The van der Waals surface area contributed by atoms with E-state index in [9.17, 15) is 5.11 Å². The van der Waals surface area contributed by atoms with Crippen LogP contribution in [0.2, 0.25) is 0 Å². The van der Waals surface area contributed by atoms with Crippen LogP contribution in [0.4, 0.5) is 0 Å². The molecule has 2 rings (SSSR count). The lowest BCUT2D eigenvalue weighted by atomic mass is 10.1. The quantitative estimate of drug-likeness (QED) is 0.647. The molecule has 0 amide bonds. The van der Waals surface area contributed by atoms with E-state index in [-0.39, 0.29) is 12.0 Å². The molecular formula is C18H30N2O3. The van der Waals surface area contributed by atoms with Crippen LogP contribution in [0.1, 0.15) is 26.3 Å². The molecule has 0 aliphatic carbocycles. The Morgan fingerprint density at radius 1 is 1.26 bits per heavy atom. The lowest BCUT2D eigenvalue weighted by Gasteiger charge is -2.16. The van der Waals surface area contributed by atoms with Crippen molar-refractivity contribution in [3.05, 3.63) is 23.8 Å². The summed E-state index contributed by atoms with van der Waals surface area (Å²) in [6.45, 7) is 10.7. The second-order valence-corrected chi connectivity index (χ2v) is 6.54. The van der Waals surface area contributed by atoms with Crippen molar-refractivity contribution in [2.75, 3.05) is 32.8 Å². The predicted octanol–water partition coefficient (Wildman–Crippen LogP) is 1.79. The van der Waals surface area contributed by atoms with Gasteiger partial charge >= 0.3 is 0 Å². The van der Waals surface area contributed by atoms with Crippen LogP contribution in [0.3, 0.4) is 0 Å². The fraction of sp³-hybridized carbons (Fsp3) is 0.667. The average molecular weight is 322 g/mol. The minimum Gasteiger partial charge on any atom is -0.490 e. The number of benzene rings is 1. The number of rotatable bonds is 9. The molecular weight excluding hydrogens is 292 g/mol. The molecule has 0 bridgehead atoms. The average Bonchev–Trinajstić information content (AvgIpc) is 2.92. The summed E-state index contributed by atoms with van der Waals surface area (Å²) in [5.74, 6) is 2.38. The van der Waals surface area contributed by atoms with Gasteiger partial charge in [0.15, 0.2) is 11.5 Å². The summed E-state index contributed by atoms with van der Waals surface area (Å²) in [7, 11) is 0. The van der Waals surface area contributed by atoms with Crippen molar-refractivity contribution in [2.45, 2.75) is 33.4 Å². The second kappa shape index (κ2) is 9.11. The Morgan fingerprint density at radius 3 is 2.74 bits per heavy atom. The summed E-state index contributed by atoms with van der Waals surface area (Å²) in [6, 6.07) is 6.08. The van der Waals surface area contributed by atoms with Crippen molar-refractivity contribution in [1.29, 1.82) is 0 Å². The molecule has 2 atom stereocenters.